The molecule has 4 nitrogen and oxygen atoms in total. The number of carbonyl (C=O) groups is 1. The van der Waals surface area contributed by atoms with E-state index in [4.69, 9.17) is 4.74 Å². The Balaban J connectivity index is 1.82. The molecule has 140 valence electrons. The summed E-state index contributed by atoms with van der Waals surface area (Å²) in [6, 6.07) is 14.6. The molecule has 0 radical (unpaired) electrons. The first-order chi connectivity index (χ1) is 12.9. The van der Waals surface area contributed by atoms with Gasteiger partial charge in [0, 0.05) is 55.0 Å². The van der Waals surface area contributed by atoms with E-state index >= 15 is 0 Å². The molecule has 27 heavy (non-hydrogen) atoms. The van der Waals surface area contributed by atoms with Crippen molar-refractivity contribution >= 4 is 39.5 Å². The maximum atomic E-state index is 12.8. The first-order valence-corrected chi connectivity index (χ1v) is 11.5. The summed E-state index contributed by atoms with van der Waals surface area (Å²) in [5.74, 6) is -0.0347. The van der Waals surface area contributed by atoms with Gasteiger partial charge in [0.05, 0.1) is 13.2 Å². The summed E-state index contributed by atoms with van der Waals surface area (Å²) < 4.78 is 28.5. The average Bonchev–Trinajstić information content (AvgIpc) is 2.66. The van der Waals surface area contributed by atoms with Crippen LogP contribution >= 0.6 is 0 Å². The Morgan fingerprint density at radius 3 is 1.44 bits per heavy atom. The Labute approximate surface area is 163 Å². The summed E-state index contributed by atoms with van der Waals surface area (Å²) in [5, 5.41) is 0. The minimum absolute atomic E-state index is 0.0347. The highest BCUT2D eigenvalue weighted by Crippen LogP contribution is 2.21. The van der Waals surface area contributed by atoms with Crippen molar-refractivity contribution in [3.05, 3.63) is 70.8 Å². The molecule has 1 aliphatic rings. The predicted molar refractivity (Wildman–Crippen MR) is 109 cm³/mol. The molecule has 0 saturated carbocycles. The molecular formula is C21H20O4S2. The van der Waals surface area contributed by atoms with Crippen molar-refractivity contribution in [1.29, 1.82) is 0 Å². The second kappa shape index (κ2) is 8.69. The van der Waals surface area contributed by atoms with E-state index in [1.807, 2.05) is 24.3 Å². The van der Waals surface area contributed by atoms with Crippen molar-refractivity contribution in [3.8, 4) is 0 Å². The Bertz CT molecular complexity index is 877. The van der Waals surface area contributed by atoms with Gasteiger partial charge < -0.3 is 4.74 Å². The molecule has 6 heteroatoms. The van der Waals surface area contributed by atoms with Crippen molar-refractivity contribution in [2.24, 2.45) is 0 Å². The third kappa shape index (κ3) is 4.97. The van der Waals surface area contributed by atoms with Gasteiger partial charge in [-0.2, -0.15) is 0 Å². The molecule has 1 fully saturated rings. The standard InChI is InChI=1S/C21H20O4S2/c1-26(23)19-7-3-15(4-8-19)11-17-13-25-14-18(21(17)22)12-16-5-9-20(10-6-16)27(2)24/h3-12H,13-14H2,1-2H3/b17-11-,18-12+. The van der Waals surface area contributed by atoms with E-state index in [2.05, 4.69) is 0 Å². The maximum Gasteiger partial charge on any atom is 0.189 e. The van der Waals surface area contributed by atoms with E-state index in [1.54, 1.807) is 48.9 Å². The number of rotatable bonds is 4. The van der Waals surface area contributed by atoms with Crippen molar-refractivity contribution in [3.63, 3.8) is 0 Å². The van der Waals surface area contributed by atoms with Crippen LogP contribution in [-0.4, -0.2) is 39.9 Å². The van der Waals surface area contributed by atoms with Crippen molar-refractivity contribution in [2.45, 2.75) is 9.79 Å². The molecule has 0 aromatic heterocycles. The maximum absolute atomic E-state index is 12.8. The van der Waals surface area contributed by atoms with Gasteiger partial charge in [0.1, 0.15) is 0 Å². The zero-order valence-electron chi connectivity index (χ0n) is 15.1. The van der Waals surface area contributed by atoms with Crippen LogP contribution in [0.25, 0.3) is 12.2 Å². The summed E-state index contributed by atoms with van der Waals surface area (Å²) in [6.07, 6.45) is 6.88. The number of hydrogen-bond donors (Lipinski definition) is 0. The van der Waals surface area contributed by atoms with Crippen LogP contribution in [0.2, 0.25) is 0 Å². The smallest absolute Gasteiger partial charge is 0.189 e. The van der Waals surface area contributed by atoms with Gasteiger partial charge in [-0.15, -0.1) is 0 Å². The summed E-state index contributed by atoms with van der Waals surface area (Å²) in [7, 11) is -2.05. The second-order valence-corrected chi connectivity index (χ2v) is 8.97. The van der Waals surface area contributed by atoms with Gasteiger partial charge in [-0.3, -0.25) is 13.2 Å². The highest BCUT2D eigenvalue weighted by atomic mass is 32.2. The number of carbonyl (C=O) groups excluding carboxylic acids is 1. The Kier molecular flexibility index (Phi) is 6.31. The molecule has 2 aromatic carbocycles. The lowest BCUT2D eigenvalue weighted by atomic mass is 9.98. The first kappa shape index (κ1) is 19.6. The average molecular weight is 401 g/mol. The van der Waals surface area contributed by atoms with E-state index in [1.165, 1.54) is 0 Å². The van der Waals surface area contributed by atoms with E-state index in [0.29, 0.717) is 11.1 Å². The van der Waals surface area contributed by atoms with E-state index in [-0.39, 0.29) is 19.0 Å². The molecule has 2 atom stereocenters. The lowest BCUT2D eigenvalue weighted by Crippen LogP contribution is -2.21. The largest absolute Gasteiger partial charge is 0.372 e. The zero-order chi connectivity index (χ0) is 19.4. The summed E-state index contributed by atoms with van der Waals surface area (Å²) in [4.78, 5) is 14.3. The summed E-state index contributed by atoms with van der Waals surface area (Å²) in [6.45, 7) is 0.538. The second-order valence-electron chi connectivity index (χ2n) is 6.21. The molecule has 1 aliphatic heterocycles. The SMILES string of the molecule is CS(=O)c1ccc(/C=C2/COC/C(=C\c3ccc(S(C)=O)cc3)C2=O)cc1. The summed E-state index contributed by atoms with van der Waals surface area (Å²) >= 11 is 0. The number of hydrogen-bond acceptors (Lipinski definition) is 4. The van der Waals surface area contributed by atoms with Crippen molar-refractivity contribution < 1.29 is 17.9 Å². The molecule has 2 aromatic rings. The van der Waals surface area contributed by atoms with Gasteiger partial charge in [0.25, 0.3) is 0 Å². The summed E-state index contributed by atoms with van der Waals surface area (Å²) in [5.41, 5.74) is 2.91. The minimum Gasteiger partial charge on any atom is -0.372 e. The molecule has 0 amide bonds. The molecule has 1 saturated heterocycles. The molecule has 1 heterocycles. The normalized spacial score (nSPS) is 20.0. The van der Waals surface area contributed by atoms with Crippen LogP contribution in [0.15, 0.2) is 69.5 Å². The van der Waals surface area contributed by atoms with E-state index in [0.717, 1.165) is 20.9 Å². The number of benzene rings is 2. The monoisotopic (exact) mass is 400 g/mol. The Morgan fingerprint density at radius 2 is 1.11 bits per heavy atom. The van der Waals surface area contributed by atoms with Gasteiger partial charge in [-0.25, -0.2) is 0 Å². The highest BCUT2D eigenvalue weighted by molar-refractivity contribution is 7.84. The minimum atomic E-state index is -1.02. The fourth-order valence-electron chi connectivity index (χ4n) is 2.74. The van der Waals surface area contributed by atoms with E-state index in [9.17, 15) is 13.2 Å². The molecule has 0 aliphatic carbocycles. The Morgan fingerprint density at radius 1 is 0.741 bits per heavy atom. The van der Waals surface area contributed by atoms with Crippen LogP contribution in [0.5, 0.6) is 0 Å². The predicted octanol–water partition coefficient (Wildman–Crippen LogP) is 3.23. The molecule has 2 unspecified atom stereocenters. The Hall–Kier alpha value is -2.15. The molecule has 3 rings (SSSR count). The number of Topliss-reactive ketones (excluding diaryl/α,β-unsaturated/α-hetero) is 1. The molecule has 0 bridgehead atoms. The molecular weight excluding hydrogens is 380 g/mol. The van der Waals surface area contributed by atoms with Crippen LogP contribution in [0.3, 0.4) is 0 Å². The van der Waals surface area contributed by atoms with Crippen LogP contribution in [0.1, 0.15) is 11.1 Å². The topological polar surface area (TPSA) is 60.4 Å². The van der Waals surface area contributed by atoms with Crippen LogP contribution < -0.4 is 0 Å². The van der Waals surface area contributed by atoms with Gasteiger partial charge in [0.2, 0.25) is 0 Å². The zero-order valence-corrected chi connectivity index (χ0v) is 16.8. The van der Waals surface area contributed by atoms with Crippen molar-refractivity contribution in [1.82, 2.24) is 0 Å². The quantitative estimate of drug-likeness (QED) is 0.740. The van der Waals surface area contributed by atoms with Crippen LogP contribution in [-0.2, 0) is 31.1 Å². The first-order valence-electron chi connectivity index (χ1n) is 8.34. The third-order valence-corrected chi connectivity index (χ3v) is 6.08. The molecule has 0 spiro atoms. The third-order valence-electron chi connectivity index (χ3n) is 4.20. The highest BCUT2D eigenvalue weighted by Gasteiger charge is 2.21. The van der Waals surface area contributed by atoms with E-state index < -0.39 is 21.6 Å². The molecule has 0 N–H and O–H groups in total. The van der Waals surface area contributed by atoms with Gasteiger partial charge in [0.15, 0.2) is 5.78 Å². The lowest BCUT2D eigenvalue weighted by Gasteiger charge is -2.17. The van der Waals surface area contributed by atoms with Crippen LogP contribution in [0, 0.1) is 0 Å². The fourth-order valence-corrected chi connectivity index (χ4v) is 3.78. The van der Waals surface area contributed by atoms with Gasteiger partial charge in [-0.05, 0) is 47.5 Å². The van der Waals surface area contributed by atoms with Crippen molar-refractivity contribution in [2.75, 3.05) is 25.7 Å². The van der Waals surface area contributed by atoms with Gasteiger partial charge in [-0.1, -0.05) is 24.3 Å². The number of ether oxygens (including phenoxy) is 1. The fraction of sp³-hybridized carbons (Fsp3) is 0.190. The number of ketones is 1. The van der Waals surface area contributed by atoms with Crippen LogP contribution in [0.4, 0.5) is 0 Å². The lowest BCUT2D eigenvalue weighted by molar-refractivity contribution is -0.114. The van der Waals surface area contributed by atoms with Gasteiger partial charge >= 0.3 is 0 Å².